The first-order valence-electron chi connectivity index (χ1n) is 8.80. The molecule has 1 fully saturated rings. The summed E-state index contributed by atoms with van der Waals surface area (Å²) in [5.41, 5.74) is 0.966. The lowest BCUT2D eigenvalue weighted by molar-refractivity contribution is 0.101. The number of ketones is 1. The molecule has 1 heterocycles. The van der Waals surface area contributed by atoms with E-state index in [1.54, 1.807) is 13.0 Å². The normalized spacial score (nSPS) is 18.2. The van der Waals surface area contributed by atoms with Gasteiger partial charge in [-0.1, -0.05) is 41.6 Å². The number of nitriles is 1. The quantitative estimate of drug-likeness (QED) is 0.643. The molecular formula is C21H19ClN2O3S. The summed E-state index contributed by atoms with van der Waals surface area (Å²) in [4.78, 5) is 24.9. The first-order valence-corrected chi connectivity index (χ1v) is 9.99. The lowest BCUT2D eigenvalue weighted by Gasteiger charge is -2.23. The molecule has 0 bridgehead atoms. The number of ether oxygens (including phenoxy) is 1. The molecule has 5 nitrogen and oxygen atoms in total. The lowest BCUT2D eigenvalue weighted by Crippen LogP contribution is -2.43. The van der Waals surface area contributed by atoms with Gasteiger partial charge >= 0.3 is 6.09 Å². The molecule has 1 unspecified atom stereocenters. The third kappa shape index (κ3) is 4.86. The third-order valence-corrected chi connectivity index (χ3v) is 5.97. The maximum atomic E-state index is 11.5. The van der Waals surface area contributed by atoms with Gasteiger partial charge in [-0.15, -0.1) is 0 Å². The van der Waals surface area contributed by atoms with E-state index in [1.807, 2.05) is 36.4 Å². The summed E-state index contributed by atoms with van der Waals surface area (Å²) in [6.45, 7) is 1.74. The summed E-state index contributed by atoms with van der Waals surface area (Å²) in [6, 6.07) is 15.4. The van der Waals surface area contributed by atoms with Gasteiger partial charge in [0.05, 0.1) is 18.0 Å². The van der Waals surface area contributed by atoms with Crippen LogP contribution in [0.15, 0.2) is 52.3 Å². The summed E-state index contributed by atoms with van der Waals surface area (Å²) >= 11 is 8.00. The monoisotopic (exact) mass is 414 g/mol. The van der Waals surface area contributed by atoms with Crippen LogP contribution in [-0.4, -0.2) is 24.0 Å². The van der Waals surface area contributed by atoms with E-state index in [1.165, 1.54) is 11.8 Å². The SMILES string of the molecule is CC(=O)c1cccc(Sc2ccc(CCC3(CC#N)COC(=O)N3)c(Cl)c2)c1. The topological polar surface area (TPSA) is 79.2 Å². The highest BCUT2D eigenvalue weighted by Crippen LogP contribution is 2.33. The lowest BCUT2D eigenvalue weighted by atomic mass is 9.90. The average Bonchev–Trinajstić information content (AvgIpc) is 3.02. The molecule has 0 aliphatic carbocycles. The number of Topliss-reactive ketones (excluding diaryl/α,β-unsaturated/α-hetero) is 1. The van der Waals surface area contributed by atoms with Crippen molar-refractivity contribution in [3.05, 3.63) is 58.6 Å². The maximum absolute atomic E-state index is 11.5. The largest absolute Gasteiger partial charge is 0.447 e. The van der Waals surface area contributed by atoms with Crippen molar-refractivity contribution in [2.75, 3.05) is 6.61 Å². The molecule has 144 valence electrons. The van der Waals surface area contributed by atoms with Crippen molar-refractivity contribution in [1.82, 2.24) is 5.32 Å². The Balaban J connectivity index is 1.69. The third-order valence-electron chi connectivity index (χ3n) is 4.64. The number of alkyl carbamates (subject to hydrolysis) is 1. The minimum Gasteiger partial charge on any atom is -0.447 e. The number of carbonyl (C=O) groups excluding carboxylic acids is 2. The van der Waals surface area contributed by atoms with Crippen LogP contribution in [0, 0.1) is 11.3 Å². The molecule has 7 heteroatoms. The van der Waals surface area contributed by atoms with Gasteiger partial charge in [-0.3, -0.25) is 4.79 Å². The van der Waals surface area contributed by atoms with Crippen LogP contribution in [0.3, 0.4) is 0 Å². The van der Waals surface area contributed by atoms with Gasteiger partial charge < -0.3 is 10.1 Å². The molecular weight excluding hydrogens is 396 g/mol. The standard InChI is InChI=1S/C21H19ClN2O3S/c1-14(25)16-3-2-4-17(11-16)28-18-6-5-15(19(22)12-18)7-8-21(9-10-23)13-27-20(26)24-21/h2-6,11-12H,7-9,13H2,1H3,(H,24,26). The van der Waals surface area contributed by atoms with Crippen LogP contribution in [0.5, 0.6) is 0 Å². The molecule has 1 aliphatic heterocycles. The molecule has 0 aromatic heterocycles. The molecule has 0 radical (unpaired) electrons. The number of amides is 1. The number of hydrogen-bond donors (Lipinski definition) is 1. The Labute approximate surface area is 173 Å². The van der Waals surface area contributed by atoms with Crippen LogP contribution >= 0.6 is 23.4 Å². The molecule has 0 saturated carbocycles. The zero-order valence-electron chi connectivity index (χ0n) is 15.3. The van der Waals surface area contributed by atoms with E-state index in [9.17, 15) is 9.59 Å². The minimum atomic E-state index is -0.657. The van der Waals surface area contributed by atoms with Crippen LogP contribution < -0.4 is 5.32 Å². The number of carbonyl (C=O) groups is 2. The second-order valence-electron chi connectivity index (χ2n) is 6.76. The van der Waals surface area contributed by atoms with Crippen LogP contribution in [0.2, 0.25) is 5.02 Å². The van der Waals surface area contributed by atoms with Crippen molar-refractivity contribution in [2.45, 2.75) is 41.5 Å². The fraction of sp³-hybridized carbons (Fsp3) is 0.286. The Bertz CT molecular complexity index is 957. The molecule has 1 aliphatic rings. The van der Waals surface area contributed by atoms with Gasteiger partial charge in [0, 0.05) is 20.4 Å². The van der Waals surface area contributed by atoms with Crippen LogP contribution in [0.25, 0.3) is 0 Å². The summed E-state index contributed by atoms with van der Waals surface area (Å²) in [7, 11) is 0. The first-order chi connectivity index (χ1) is 13.4. The van der Waals surface area contributed by atoms with E-state index in [0.29, 0.717) is 23.4 Å². The molecule has 1 amide bonds. The van der Waals surface area contributed by atoms with Crippen molar-refractivity contribution in [2.24, 2.45) is 0 Å². The van der Waals surface area contributed by atoms with E-state index in [4.69, 9.17) is 21.6 Å². The van der Waals surface area contributed by atoms with Gasteiger partial charge in [-0.2, -0.15) is 5.26 Å². The van der Waals surface area contributed by atoms with Crippen molar-refractivity contribution in [3.63, 3.8) is 0 Å². The van der Waals surface area contributed by atoms with Crippen molar-refractivity contribution in [3.8, 4) is 6.07 Å². The number of halogens is 1. The van der Waals surface area contributed by atoms with Gasteiger partial charge in [0.1, 0.15) is 6.61 Å². The highest BCUT2D eigenvalue weighted by Gasteiger charge is 2.39. The second kappa shape index (κ2) is 8.68. The minimum absolute atomic E-state index is 0.0325. The molecule has 2 aromatic carbocycles. The zero-order valence-corrected chi connectivity index (χ0v) is 16.9. The first kappa shape index (κ1) is 20.2. The predicted octanol–water partition coefficient (Wildman–Crippen LogP) is 5.02. The van der Waals surface area contributed by atoms with E-state index >= 15 is 0 Å². The average molecular weight is 415 g/mol. The number of cyclic esters (lactones) is 1. The molecule has 3 rings (SSSR count). The van der Waals surface area contributed by atoms with Crippen LogP contribution in [-0.2, 0) is 11.2 Å². The van der Waals surface area contributed by atoms with Crippen LogP contribution in [0.1, 0.15) is 35.7 Å². The fourth-order valence-electron chi connectivity index (χ4n) is 3.04. The molecule has 28 heavy (non-hydrogen) atoms. The van der Waals surface area contributed by atoms with Crippen molar-refractivity contribution < 1.29 is 14.3 Å². The Kier molecular flexibility index (Phi) is 6.28. The smallest absolute Gasteiger partial charge is 0.407 e. The number of aryl methyl sites for hydroxylation is 1. The zero-order chi connectivity index (χ0) is 20.1. The van der Waals surface area contributed by atoms with Gasteiger partial charge in [0.2, 0.25) is 0 Å². The van der Waals surface area contributed by atoms with Crippen molar-refractivity contribution >= 4 is 35.2 Å². The number of benzene rings is 2. The number of nitrogens with zero attached hydrogens (tertiary/aromatic N) is 1. The van der Waals surface area contributed by atoms with Crippen LogP contribution in [0.4, 0.5) is 4.79 Å². The van der Waals surface area contributed by atoms with Gasteiger partial charge in [-0.25, -0.2) is 4.79 Å². The van der Waals surface area contributed by atoms with E-state index < -0.39 is 11.6 Å². The summed E-state index contributed by atoms with van der Waals surface area (Å²) < 4.78 is 4.99. The van der Waals surface area contributed by atoms with Gasteiger partial charge in [0.25, 0.3) is 0 Å². The van der Waals surface area contributed by atoms with Gasteiger partial charge in [-0.05, 0) is 49.6 Å². The molecule has 0 spiro atoms. The highest BCUT2D eigenvalue weighted by molar-refractivity contribution is 7.99. The highest BCUT2D eigenvalue weighted by atomic mass is 35.5. The van der Waals surface area contributed by atoms with E-state index in [0.717, 1.165) is 15.4 Å². The maximum Gasteiger partial charge on any atom is 0.407 e. The van der Waals surface area contributed by atoms with E-state index in [2.05, 4.69) is 11.4 Å². The predicted molar refractivity (Wildman–Crippen MR) is 108 cm³/mol. The Morgan fingerprint density at radius 1 is 1.32 bits per heavy atom. The van der Waals surface area contributed by atoms with E-state index in [-0.39, 0.29) is 18.8 Å². The number of nitrogens with one attached hydrogen (secondary N) is 1. The number of rotatable bonds is 7. The Morgan fingerprint density at radius 2 is 2.11 bits per heavy atom. The van der Waals surface area contributed by atoms with Gasteiger partial charge in [0.15, 0.2) is 5.78 Å². The second-order valence-corrected chi connectivity index (χ2v) is 8.31. The Morgan fingerprint density at radius 3 is 2.75 bits per heavy atom. The molecule has 1 N–H and O–H groups in total. The summed E-state index contributed by atoms with van der Waals surface area (Å²) in [5, 5.41) is 12.4. The summed E-state index contributed by atoms with van der Waals surface area (Å²) in [6.07, 6.45) is 0.895. The Hall–Kier alpha value is -2.49. The molecule has 1 saturated heterocycles. The van der Waals surface area contributed by atoms with Crippen molar-refractivity contribution in [1.29, 1.82) is 5.26 Å². The molecule has 1 atom stereocenters. The number of hydrogen-bond acceptors (Lipinski definition) is 5. The fourth-order valence-corrected chi connectivity index (χ4v) is 4.30. The summed E-state index contributed by atoms with van der Waals surface area (Å²) in [5.74, 6) is 0.0325. The molecule has 2 aromatic rings.